The van der Waals surface area contributed by atoms with Gasteiger partial charge in [-0.1, -0.05) is 31.2 Å². The summed E-state index contributed by atoms with van der Waals surface area (Å²) in [6, 6.07) is 14.8. The van der Waals surface area contributed by atoms with Crippen molar-refractivity contribution in [3.05, 3.63) is 59.7 Å². The van der Waals surface area contributed by atoms with Gasteiger partial charge in [0.05, 0.1) is 11.9 Å². The summed E-state index contributed by atoms with van der Waals surface area (Å²) >= 11 is 0. The molecule has 0 atom stereocenters. The molecule has 0 heterocycles. The predicted octanol–water partition coefficient (Wildman–Crippen LogP) is 3.35. The number of hydrogen-bond donors (Lipinski definition) is 1. The summed E-state index contributed by atoms with van der Waals surface area (Å²) in [7, 11) is -3.46. The molecule has 0 fully saturated rings. The van der Waals surface area contributed by atoms with E-state index < -0.39 is 10.0 Å². The number of aryl methyl sites for hydroxylation is 2. The molecule has 0 aliphatic carbocycles. The fourth-order valence-corrected chi connectivity index (χ4v) is 3.46. The standard InChI is InChI=1S/C19H24N2O3S/c1-4-16-8-10-18(11-9-16)21(25(3,23)24)13-12-19(22)20-17-7-5-6-15(2)14-17/h5-11,14H,4,12-13H2,1-3H3,(H,20,22). The number of sulfonamides is 1. The van der Waals surface area contributed by atoms with E-state index >= 15 is 0 Å². The van der Waals surface area contributed by atoms with E-state index in [1.54, 1.807) is 12.1 Å². The molecule has 0 radical (unpaired) electrons. The van der Waals surface area contributed by atoms with Crippen LogP contribution >= 0.6 is 0 Å². The molecule has 0 aliphatic heterocycles. The van der Waals surface area contributed by atoms with Crippen LogP contribution in [0, 0.1) is 6.92 Å². The third kappa shape index (κ3) is 5.60. The smallest absolute Gasteiger partial charge is 0.232 e. The average molecular weight is 360 g/mol. The lowest BCUT2D eigenvalue weighted by atomic mass is 10.1. The summed E-state index contributed by atoms with van der Waals surface area (Å²) in [6.45, 7) is 4.09. The maximum absolute atomic E-state index is 12.2. The van der Waals surface area contributed by atoms with E-state index in [1.807, 2.05) is 50.2 Å². The molecule has 1 N–H and O–H groups in total. The number of hydrogen-bond acceptors (Lipinski definition) is 3. The highest BCUT2D eigenvalue weighted by Gasteiger charge is 2.18. The second-order valence-corrected chi connectivity index (χ2v) is 7.93. The van der Waals surface area contributed by atoms with Crippen molar-refractivity contribution in [1.29, 1.82) is 0 Å². The van der Waals surface area contributed by atoms with E-state index in [2.05, 4.69) is 5.32 Å². The number of amides is 1. The molecular formula is C19H24N2O3S. The lowest BCUT2D eigenvalue weighted by Crippen LogP contribution is -2.33. The number of nitrogens with one attached hydrogen (secondary N) is 1. The number of benzene rings is 2. The van der Waals surface area contributed by atoms with Crippen LogP contribution in [0.1, 0.15) is 24.5 Å². The minimum absolute atomic E-state index is 0.0799. The maximum atomic E-state index is 12.2. The second-order valence-electron chi connectivity index (χ2n) is 6.02. The van der Waals surface area contributed by atoms with Gasteiger partial charge in [0.15, 0.2) is 0 Å². The van der Waals surface area contributed by atoms with Crippen molar-refractivity contribution in [2.24, 2.45) is 0 Å². The van der Waals surface area contributed by atoms with Crippen LogP contribution in [0.5, 0.6) is 0 Å². The van der Waals surface area contributed by atoms with Gasteiger partial charge in [-0.2, -0.15) is 0 Å². The zero-order valence-electron chi connectivity index (χ0n) is 14.8. The molecule has 0 aliphatic rings. The van der Waals surface area contributed by atoms with Crippen molar-refractivity contribution in [1.82, 2.24) is 0 Å². The van der Waals surface area contributed by atoms with Crippen molar-refractivity contribution in [3.63, 3.8) is 0 Å². The molecule has 0 spiro atoms. The summed E-state index contributed by atoms with van der Waals surface area (Å²) in [4.78, 5) is 12.2. The zero-order valence-corrected chi connectivity index (χ0v) is 15.6. The van der Waals surface area contributed by atoms with E-state index in [4.69, 9.17) is 0 Å². The molecule has 2 rings (SSSR count). The molecule has 0 bridgehead atoms. The quantitative estimate of drug-likeness (QED) is 0.823. The Bertz CT molecular complexity index is 830. The van der Waals surface area contributed by atoms with Crippen LogP contribution in [0.15, 0.2) is 48.5 Å². The topological polar surface area (TPSA) is 66.5 Å². The number of carbonyl (C=O) groups is 1. The molecule has 0 aromatic heterocycles. The highest BCUT2D eigenvalue weighted by molar-refractivity contribution is 7.92. The summed E-state index contributed by atoms with van der Waals surface area (Å²) in [6.07, 6.45) is 2.12. The maximum Gasteiger partial charge on any atom is 0.232 e. The Hall–Kier alpha value is -2.34. The number of anilines is 2. The summed E-state index contributed by atoms with van der Waals surface area (Å²) < 4.78 is 25.5. The Morgan fingerprint density at radius 2 is 1.80 bits per heavy atom. The number of nitrogens with zero attached hydrogens (tertiary/aromatic N) is 1. The Kier molecular flexibility index (Phi) is 6.20. The van der Waals surface area contributed by atoms with Crippen molar-refractivity contribution >= 4 is 27.3 Å². The van der Waals surface area contributed by atoms with E-state index in [9.17, 15) is 13.2 Å². The van der Waals surface area contributed by atoms with Gasteiger partial charge >= 0.3 is 0 Å². The molecule has 6 heteroatoms. The third-order valence-corrected chi connectivity index (χ3v) is 5.07. The van der Waals surface area contributed by atoms with Crippen molar-refractivity contribution in [3.8, 4) is 0 Å². The van der Waals surface area contributed by atoms with Gasteiger partial charge in [0.1, 0.15) is 0 Å². The lowest BCUT2D eigenvalue weighted by molar-refractivity contribution is -0.116. The Balaban J connectivity index is 2.06. The first kappa shape index (κ1) is 19.0. The summed E-state index contributed by atoms with van der Waals surface area (Å²) in [5.74, 6) is -0.218. The van der Waals surface area contributed by atoms with E-state index in [0.29, 0.717) is 11.4 Å². The lowest BCUT2D eigenvalue weighted by Gasteiger charge is -2.22. The molecular weight excluding hydrogens is 336 g/mol. The molecule has 2 aromatic rings. The molecule has 5 nitrogen and oxygen atoms in total. The van der Waals surface area contributed by atoms with Crippen LogP contribution in [0.3, 0.4) is 0 Å². The minimum Gasteiger partial charge on any atom is -0.326 e. The van der Waals surface area contributed by atoms with E-state index in [-0.39, 0.29) is 18.9 Å². The normalized spacial score (nSPS) is 11.2. The average Bonchev–Trinajstić information content (AvgIpc) is 2.54. The fourth-order valence-electron chi connectivity index (χ4n) is 2.53. The van der Waals surface area contributed by atoms with Crippen LogP contribution < -0.4 is 9.62 Å². The fraction of sp³-hybridized carbons (Fsp3) is 0.316. The van der Waals surface area contributed by atoms with Crippen molar-refractivity contribution < 1.29 is 13.2 Å². The Labute approximate surface area is 149 Å². The summed E-state index contributed by atoms with van der Waals surface area (Å²) in [5, 5.41) is 2.80. The zero-order chi connectivity index (χ0) is 18.4. The van der Waals surface area contributed by atoms with Crippen LogP contribution in [-0.4, -0.2) is 27.1 Å². The van der Waals surface area contributed by atoms with E-state index in [1.165, 1.54) is 4.31 Å². The van der Waals surface area contributed by atoms with Gasteiger partial charge in [-0.15, -0.1) is 0 Å². The van der Waals surface area contributed by atoms with Crippen LogP contribution in [-0.2, 0) is 21.2 Å². The van der Waals surface area contributed by atoms with Gasteiger partial charge in [-0.25, -0.2) is 8.42 Å². The molecule has 0 unspecified atom stereocenters. The first-order valence-electron chi connectivity index (χ1n) is 8.23. The molecule has 0 saturated carbocycles. The number of rotatable bonds is 7. The van der Waals surface area contributed by atoms with Gasteiger partial charge in [0, 0.05) is 18.7 Å². The van der Waals surface area contributed by atoms with Gasteiger partial charge in [-0.05, 0) is 48.7 Å². The molecule has 0 saturated heterocycles. The van der Waals surface area contributed by atoms with Crippen LogP contribution in [0.2, 0.25) is 0 Å². The molecule has 134 valence electrons. The highest BCUT2D eigenvalue weighted by Crippen LogP contribution is 2.19. The summed E-state index contributed by atoms with van der Waals surface area (Å²) in [5.41, 5.74) is 3.47. The third-order valence-electron chi connectivity index (χ3n) is 3.88. The minimum atomic E-state index is -3.46. The van der Waals surface area contributed by atoms with Crippen molar-refractivity contribution in [2.45, 2.75) is 26.7 Å². The Morgan fingerprint density at radius 1 is 1.12 bits per heavy atom. The van der Waals surface area contributed by atoms with Gasteiger partial charge in [0.2, 0.25) is 15.9 Å². The van der Waals surface area contributed by atoms with Gasteiger partial charge in [-0.3, -0.25) is 9.10 Å². The number of carbonyl (C=O) groups excluding carboxylic acids is 1. The van der Waals surface area contributed by atoms with Crippen LogP contribution in [0.25, 0.3) is 0 Å². The van der Waals surface area contributed by atoms with E-state index in [0.717, 1.165) is 23.8 Å². The monoisotopic (exact) mass is 360 g/mol. The highest BCUT2D eigenvalue weighted by atomic mass is 32.2. The van der Waals surface area contributed by atoms with Gasteiger partial charge in [0.25, 0.3) is 0 Å². The molecule has 2 aromatic carbocycles. The van der Waals surface area contributed by atoms with Crippen LogP contribution in [0.4, 0.5) is 11.4 Å². The first-order chi connectivity index (χ1) is 11.8. The predicted molar refractivity (Wildman–Crippen MR) is 102 cm³/mol. The molecule has 1 amide bonds. The SMILES string of the molecule is CCc1ccc(N(CCC(=O)Nc2cccc(C)c2)S(C)(=O)=O)cc1. The van der Waals surface area contributed by atoms with Gasteiger partial charge < -0.3 is 5.32 Å². The van der Waals surface area contributed by atoms with Crippen molar-refractivity contribution in [2.75, 3.05) is 22.4 Å². The Morgan fingerprint density at radius 3 is 2.36 bits per heavy atom. The first-order valence-corrected chi connectivity index (χ1v) is 10.1. The second kappa shape index (κ2) is 8.16. The largest absolute Gasteiger partial charge is 0.326 e. The molecule has 25 heavy (non-hydrogen) atoms.